The van der Waals surface area contributed by atoms with E-state index in [-0.39, 0.29) is 12.8 Å². The number of aryl methyl sites for hydroxylation is 4. The fourth-order valence-corrected chi connectivity index (χ4v) is 2.92. The van der Waals surface area contributed by atoms with E-state index in [9.17, 15) is 4.79 Å². The summed E-state index contributed by atoms with van der Waals surface area (Å²) in [6.45, 7) is 9.97. The summed E-state index contributed by atoms with van der Waals surface area (Å²) in [7, 11) is 0. The standard InChI is InChI=1S/C19H23ClN2O2/c1-11-8-14(4)17(16(20)9-11)22-19(23)21-10-24-18-13(3)7-6-12(2)15(18)5/h6-9H,10H2,1-5H3,(H2,21,22,23). The van der Waals surface area contributed by atoms with Crippen molar-refractivity contribution in [1.29, 1.82) is 0 Å². The highest BCUT2D eigenvalue weighted by Gasteiger charge is 2.10. The van der Waals surface area contributed by atoms with Gasteiger partial charge in [0.15, 0.2) is 6.73 Å². The van der Waals surface area contributed by atoms with Crippen molar-refractivity contribution in [3.63, 3.8) is 0 Å². The van der Waals surface area contributed by atoms with Gasteiger partial charge in [-0.05, 0) is 68.5 Å². The SMILES string of the molecule is Cc1cc(C)c(NC(=O)NCOc2c(C)ccc(C)c2C)c(Cl)c1. The van der Waals surface area contributed by atoms with Gasteiger partial charge in [-0.15, -0.1) is 0 Å². The minimum Gasteiger partial charge on any atom is -0.473 e. The highest BCUT2D eigenvalue weighted by Crippen LogP contribution is 2.27. The Morgan fingerprint density at radius 1 is 1.04 bits per heavy atom. The molecule has 2 aromatic carbocycles. The largest absolute Gasteiger partial charge is 0.473 e. The minimum atomic E-state index is -0.355. The molecule has 0 aromatic heterocycles. The van der Waals surface area contributed by atoms with Crippen molar-refractivity contribution in [2.45, 2.75) is 34.6 Å². The molecule has 0 atom stereocenters. The lowest BCUT2D eigenvalue weighted by Gasteiger charge is -2.16. The molecule has 2 amide bonds. The third-order valence-corrected chi connectivity index (χ3v) is 4.29. The Morgan fingerprint density at radius 2 is 1.71 bits per heavy atom. The highest BCUT2D eigenvalue weighted by atomic mass is 35.5. The van der Waals surface area contributed by atoms with Crippen LogP contribution in [0.3, 0.4) is 0 Å². The van der Waals surface area contributed by atoms with Gasteiger partial charge in [-0.3, -0.25) is 0 Å². The quantitative estimate of drug-likeness (QED) is 0.762. The normalized spacial score (nSPS) is 10.4. The summed E-state index contributed by atoms with van der Waals surface area (Å²) in [5, 5.41) is 5.98. The molecule has 0 aliphatic rings. The molecule has 2 rings (SSSR count). The van der Waals surface area contributed by atoms with E-state index >= 15 is 0 Å². The summed E-state index contributed by atoms with van der Waals surface area (Å²) < 4.78 is 5.73. The van der Waals surface area contributed by atoms with Crippen molar-refractivity contribution in [1.82, 2.24) is 5.32 Å². The van der Waals surface area contributed by atoms with Crippen LogP contribution in [0.5, 0.6) is 5.75 Å². The van der Waals surface area contributed by atoms with Crippen molar-refractivity contribution in [3.8, 4) is 5.75 Å². The number of urea groups is 1. The van der Waals surface area contributed by atoms with Crippen LogP contribution >= 0.6 is 11.6 Å². The molecular formula is C19H23ClN2O2. The molecule has 4 nitrogen and oxygen atoms in total. The number of carbonyl (C=O) groups excluding carboxylic acids is 1. The van der Waals surface area contributed by atoms with E-state index in [1.54, 1.807) is 0 Å². The van der Waals surface area contributed by atoms with Crippen LogP contribution in [-0.4, -0.2) is 12.8 Å². The van der Waals surface area contributed by atoms with E-state index in [0.717, 1.165) is 33.6 Å². The third-order valence-electron chi connectivity index (χ3n) is 3.99. The number of benzene rings is 2. The zero-order chi connectivity index (χ0) is 17.9. The third kappa shape index (κ3) is 4.20. The zero-order valence-electron chi connectivity index (χ0n) is 14.7. The highest BCUT2D eigenvalue weighted by molar-refractivity contribution is 6.34. The van der Waals surface area contributed by atoms with E-state index < -0.39 is 0 Å². The monoisotopic (exact) mass is 346 g/mol. The average molecular weight is 347 g/mol. The second-order valence-corrected chi connectivity index (χ2v) is 6.42. The average Bonchev–Trinajstić information content (AvgIpc) is 2.50. The predicted octanol–water partition coefficient (Wildman–Crippen LogP) is 5.04. The number of hydrogen-bond donors (Lipinski definition) is 2. The molecule has 2 N–H and O–H groups in total. The van der Waals surface area contributed by atoms with Crippen molar-refractivity contribution in [2.75, 3.05) is 12.0 Å². The van der Waals surface area contributed by atoms with Crippen molar-refractivity contribution < 1.29 is 9.53 Å². The lowest BCUT2D eigenvalue weighted by molar-refractivity contribution is 0.234. The maximum absolute atomic E-state index is 12.1. The Balaban J connectivity index is 1.97. The van der Waals surface area contributed by atoms with Crippen LogP contribution in [0, 0.1) is 34.6 Å². The molecule has 0 saturated heterocycles. The first-order valence-corrected chi connectivity index (χ1v) is 8.18. The molecule has 0 radical (unpaired) electrons. The van der Waals surface area contributed by atoms with E-state index in [0.29, 0.717) is 10.7 Å². The van der Waals surface area contributed by atoms with Crippen LogP contribution in [0.2, 0.25) is 5.02 Å². The Morgan fingerprint density at radius 3 is 2.38 bits per heavy atom. The molecule has 0 heterocycles. The lowest BCUT2D eigenvalue weighted by atomic mass is 10.1. The molecule has 0 aliphatic carbocycles. The molecule has 24 heavy (non-hydrogen) atoms. The molecule has 0 bridgehead atoms. The first kappa shape index (κ1) is 18.1. The topological polar surface area (TPSA) is 50.4 Å². The number of anilines is 1. The van der Waals surface area contributed by atoms with Gasteiger partial charge in [0.05, 0.1) is 10.7 Å². The molecule has 0 unspecified atom stereocenters. The van der Waals surface area contributed by atoms with Gasteiger partial charge in [-0.1, -0.05) is 29.8 Å². The Labute approximate surface area is 148 Å². The van der Waals surface area contributed by atoms with Gasteiger partial charge in [-0.2, -0.15) is 0 Å². The molecular weight excluding hydrogens is 324 g/mol. The second-order valence-electron chi connectivity index (χ2n) is 6.01. The number of halogens is 1. The van der Waals surface area contributed by atoms with Gasteiger partial charge in [0.25, 0.3) is 0 Å². The maximum Gasteiger partial charge on any atom is 0.321 e. The summed E-state index contributed by atoms with van der Waals surface area (Å²) in [4.78, 5) is 12.1. The smallest absolute Gasteiger partial charge is 0.321 e. The van der Waals surface area contributed by atoms with E-state index in [2.05, 4.69) is 16.7 Å². The van der Waals surface area contributed by atoms with Crippen LogP contribution in [0.15, 0.2) is 24.3 Å². The van der Waals surface area contributed by atoms with Gasteiger partial charge in [-0.25, -0.2) is 4.79 Å². The molecule has 5 heteroatoms. The number of amides is 2. The summed E-state index contributed by atoms with van der Waals surface area (Å²) in [6.07, 6.45) is 0. The van der Waals surface area contributed by atoms with Crippen LogP contribution in [0.4, 0.5) is 10.5 Å². The van der Waals surface area contributed by atoms with E-state index in [1.807, 2.05) is 52.8 Å². The van der Waals surface area contributed by atoms with Crippen LogP contribution in [0.1, 0.15) is 27.8 Å². The van der Waals surface area contributed by atoms with Gasteiger partial charge in [0, 0.05) is 0 Å². The fourth-order valence-electron chi connectivity index (χ4n) is 2.55. The van der Waals surface area contributed by atoms with Gasteiger partial charge < -0.3 is 15.4 Å². The summed E-state index contributed by atoms with van der Waals surface area (Å²) >= 11 is 6.19. The number of ether oxygens (including phenoxy) is 1. The molecule has 0 spiro atoms. The number of hydrogen-bond acceptors (Lipinski definition) is 2. The van der Waals surface area contributed by atoms with Crippen LogP contribution in [0.25, 0.3) is 0 Å². The Kier molecular flexibility index (Phi) is 5.73. The van der Waals surface area contributed by atoms with Crippen molar-refractivity contribution in [2.24, 2.45) is 0 Å². The molecule has 0 saturated carbocycles. The lowest BCUT2D eigenvalue weighted by Crippen LogP contribution is -2.32. The van der Waals surface area contributed by atoms with E-state index in [1.165, 1.54) is 0 Å². The molecule has 0 fully saturated rings. The summed E-state index contributed by atoms with van der Waals surface area (Å²) in [5.41, 5.74) is 5.86. The predicted molar refractivity (Wildman–Crippen MR) is 99.2 cm³/mol. The summed E-state index contributed by atoms with van der Waals surface area (Å²) in [5.74, 6) is 0.805. The molecule has 0 aliphatic heterocycles. The second kappa shape index (κ2) is 7.58. The van der Waals surface area contributed by atoms with E-state index in [4.69, 9.17) is 16.3 Å². The fraction of sp³-hybridized carbons (Fsp3) is 0.316. The van der Waals surface area contributed by atoms with Gasteiger partial charge >= 0.3 is 6.03 Å². The number of rotatable bonds is 4. The molecule has 2 aromatic rings. The summed E-state index contributed by atoms with van der Waals surface area (Å²) in [6, 6.07) is 7.50. The van der Waals surface area contributed by atoms with Crippen molar-refractivity contribution >= 4 is 23.3 Å². The van der Waals surface area contributed by atoms with Crippen LogP contribution in [-0.2, 0) is 0 Å². The minimum absolute atomic E-state index is 0.0828. The maximum atomic E-state index is 12.1. The number of carbonyl (C=O) groups is 1. The zero-order valence-corrected chi connectivity index (χ0v) is 15.5. The Hall–Kier alpha value is -2.20. The number of nitrogens with one attached hydrogen (secondary N) is 2. The van der Waals surface area contributed by atoms with Gasteiger partial charge in [0.2, 0.25) is 0 Å². The van der Waals surface area contributed by atoms with Crippen molar-refractivity contribution in [3.05, 3.63) is 57.1 Å². The first-order valence-electron chi connectivity index (χ1n) is 7.80. The Bertz CT molecular complexity index is 749. The van der Waals surface area contributed by atoms with Crippen LogP contribution < -0.4 is 15.4 Å². The molecule has 128 valence electrons. The first-order chi connectivity index (χ1) is 11.3. The van der Waals surface area contributed by atoms with Gasteiger partial charge in [0.1, 0.15) is 5.75 Å².